The summed E-state index contributed by atoms with van der Waals surface area (Å²) >= 11 is 0. The number of carbonyl (C=O) groups is 2. The van der Waals surface area contributed by atoms with Crippen molar-refractivity contribution in [2.45, 2.75) is 13.8 Å². The van der Waals surface area contributed by atoms with Gasteiger partial charge in [0.1, 0.15) is 5.82 Å². The zero-order valence-electron chi connectivity index (χ0n) is 13.6. The van der Waals surface area contributed by atoms with E-state index >= 15 is 0 Å². The highest BCUT2D eigenvalue weighted by Gasteiger charge is 2.20. The smallest absolute Gasteiger partial charge is 0.420 e. The number of rotatable bonds is 5. The molecule has 0 aliphatic heterocycles. The van der Waals surface area contributed by atoms with Gasteiger partial charge in [0.15, 0.2) is 0 Å². The number of nitrogens with one attached hydrogen (secondary N) is 1. The molecule has 1 aromatic heterocycles. The van der Waals surface area contributed by atoms with Crippen molar-refractivity contribution >= 4 is 29.4 Å². The lowest BCUT2D eigenvalue weighted by Gasteiger charge is -2.21. The maximum Gasteiger partial charge on any atom is 0.420 e. The van der Waals surface area contributed by atoms with E-state index in [9.17, 15) is 9.59 Å². The van der Waals surface area contributed by atoms with E-state index in [1.54, 1.807) is 38.1 Å². The summed E-state index contributed by atoms with van der Waals surface area (Å²) in [5, 5.41) is 2.54. The molecule has 7 heteroatoms. The van der Waals surface area contributed by atoms with Gasteiger partial charge in [0.2, 0.25) is 0 Å². The van der Waals surface area contributed by atoms with Crippen LogP contribution in [-0.2, 0) is 9.47 Å². The maximum absolute atomic E-state index is 12.3. The molecule has 0 radical (unpaired) electrons. The van der Waals surface area contributed by atoms with Gasteiger partial charge in [-0.1, -0.05) is 18.2 Å². The van der Waals surface area contributed by atoms with Gasteiger partial charge in [0.25, 0.3) is 0 Å². The summed E-state index contributed by atoms with van der Waals surface area (Å²) in [6, 6.07) is 12.3. The van der Waals surface area contributed by atoms with Gasteiger partial charge in [-0.25, -0.2) is 19.5 Å². The third-order valence-electron chi connectivity index (χ3n) is 2.96. The molecule has 0 fully saturated rings. The minimum absolute atomic E-state index is 0.255. The topological polar surface area (TPSA) is 80.8 Å². The van der Waals surface area contributed by atoms with E-state index in [0.29, 0.717) is 17.2 Å². The zero-order chi connectivity index (χ0) is 17.4. The minimum atomic E-state index is -0.558. The minimum Gasteiger partial charge on any atom is -0.450 e. The van der Waals surface area contributed by atoms with Crippen molar-refractivity contribution in [3.63, 3.8) is 0 Å². The predicted octanol–water partition coefficient (Wildman–Crippen LogP) is 3.94. The Hall–Kier alpha value is -3.09. The van der Waals surface area contributed by atoms with Gasteiger partial charge >= 0.3 is 12.2 Å². The number of benzene rings is 1. The Balaban J connectivity index is 2.24. The van der Waals surface area contributed by atoms with Gasteiger partial charge in [-0.15, -0.1) is 0 Å². The van der Waals surface area contributed by atoms with Crippen LogP contribution in [0, 0.1) is 0 Å². The van der Waals surface area contributed by atoms with Crippen LogP contribution in [0.1, 0.15) is 13.8 Å². The fourth-order valence-corrected chi connectivity index (χ4v) is 1.97. The molecular weight excluding hydrogens is 310 g/mol. The van der Waals surface area contributed by atoms with Crippen LogP contribution < -0.4 is 10.2 Å². The van der Waals surface area contributed by atoms with Crippen LogP contribution in [0.5, 0.6) is 0 Å². The molecule has 1 aromatic carbocycles. The first-order chi connectivity index (χ1) is 11.7. The average molecular weight is 329 g/mol. The van der Waals surface area contributed by atoms with Crippen LogP contribution in [-0.4, -0.2) is 30.4 Å². The number of hydrogen-bond donors (Lipinski definition) is 1. The summed E-state index contributed by atoms with van der Waals surface area (Å²) in [7, 11) is 0. The monoisotopic (exact) mass is 329 g/mol. The number of nitrogens with zero attached hydrogens (tertiary/aromatic N) is 2. The number of aromatic nitrogens is 1. The highest BCUT2D eigenvalue weighted by molar-refractivity contribution is 5.95. The number of ether oxygens (including phenoxy) is 2. The highest BCUT2D eigenvalue weighted by Crippen LogP contribution is 2.25. The predicted molar refractivity (Wildman–Crippen MR) is 90.5 cm³/mol. The quantitative estimate of drug-likeness (QED) is 0.898. The SMILES string of the molecule is CCOC(=O)Nc1ccc(N(C(=O)OCC)c2ccccc2)nc1. The van der Waals surface area contributed by atoms with Crippen molar-refractivity contribution in [2.24, 2.45) is 0 Å². The summed E-state index contributed by atoms with van der Waals surface area (Å²) < 4.78 is 9.90. The van der Waals surface area contributed by atoms with Gasteiger partial charge in [-0.2, -0.15) is 0 Å². The lowest BCUT2D eigenvalue weighted by atomic mass is 10.3. The standard InChI is InChI=1S/C17H19N3O4/c1-3-23-16(21)19-13-10-11-15(18-12-13)20(17(22)24-4-2)14-8-6-5-7-9-14/h5-12H,3-4H2,1-2H3,(H,19,21). The van der Waals surface area contributed by atoms with Gasteiger partial charge in [-0.05, 0) is 38.1 Å². The molecule has 0 saturated heterocycles. The van der Waals surface area contributed by atoms with Crippen molar-refractivity contribution in [2.75, 3.05) is 23.4 Å². The van der Waals surface area contributed by atoms with Crippen LogP contribution in [0.2, 0.25) is 0 Å². The molecule has 0 saturated carbocycles. The molecular formula is C17H19N3O4. The van der Waals surface area contributed by atoms with Crippen molar-refractivity contribution in [3.05, 3.63) is 48.7 Å². The Bertz CT molecular complexity index is 674. The molecule has 7 nitrogen and oxygen atoms in total. The lowest BCUT2D eigenvalue weighted by Crippen LogP contribution is -2.27. The second-order valence-electron chi connectivity index (χ2n) is 4.62. The van der Waals surface area contributed by atoms with E-state index < -0.39 is 12.2 Å². The van der Waals surface area contributed by atoms with Gasteiger partial charge in [0.05, 0.1) is 30.8 Å². The Kier molecular flexibility index (Phi) is 6.13. The molecule has 2 amide bonds. The molecule has 0 spiro atoms. The fraction of sp³-hybridized carbons (Fsp3) is 0.235. The third kappa shape index (κ3) is 4.45. The molecule has 1 N–H and O–H groups in total. The summed E-state index contributed by atoms with van der Waals surface area (Å²) in [4.78, 5) is 29.3. The van der Waals surface area contributed by atoms with E-state index in [4.69, 9.17) is 9.47 Å². The second-order valence-corrected chi connectivity index (χ2v) is 4.62. The molecule has 0 aliphatic carbocycles. The molecule has 126 valence electrons. The fourth-order valence-electron chi connectivity index (χ4n) is 1.97. The first kappa shape index (κ1) is 17.3. The van der Waals surface area contributed by atoms with Crippen molar-refractivity contribution in [1.82, 2.24) is 4.98 Å². The summed E-state index contributed by atoms with van der Waals surface area (Å²) in [5.74, 6) is 0.383. The van der Waals surface area contributed by atoms with Crippen LogP contribution in [0.3, 0.4) is 0 Å². The van der Waals surface area contributed by atoms with Crippen LogP contribution >= 0.6 is 0 Å². The number of para-hydroxylation sites is 1. The number of amides is 2. The lowest BCUT2D eigenvalue weighted by molar-refractivity contribution is 0.162. The zero-order valence-corrected chi connectivity index (χ0v) is 13.6. The Morgan fingerprint density at radius 3 is 2.33 bits per heavy atom. The molecule has 24 heavy (non-hydrogen) atoms. The summed E-state index contributed by atoms with van der Waals surface area (Å²) in [6.07, 6.45) is 0.362. The normalized spacial score (nSPS) is 9.92. The second kappa shape index (κ2) is 8.52. The van der Waals surface area contributed by atoms with Crippen molar-refractivity contribution in [3.8, 4) is 0 Å². The van der Waals surface area contributed by atoms with Crippen LogP contribution in [0.15, 0.2) is 48.7 Å². The average Bonchev–Trinajstić information content (AvgIpc) is 2.58. The largest absolute Gasteiger partial charge is 0.450 e. The van der Waals surface area contributed by atoms with Crippen molar-refractivity contribution in [1.29, 1.82) is 0 Å². The molecule has 0 atom stereocenters. The van der Waals surface area contributed by atoms with Crippen LogP contribution in [0.4, 0.5) is 26.8 Å². The Labute approximate surface area is 140 Å². The number of anilines is 3. The van der Waals surface area contributed by atoms with Gasteiger partial charge in [-0.3, -0.25) is 5.32 Å². The van der Waals surface area contributed by atoms with Gasteiger partial charge in [0, 0.05) is 0 Å². The summed E-state index contributed by atoms with van der Waals surface area (Å²) in [6.45, 7) is 3.99. The Morgan fingerprint density at radius 1 is 1.04 bits per heavy atom. The van der Waals surface area contributed by atoms with E-state index in [-0.39, 0.29) is 13.2 Å². The highest BCUT2D eigenvalue weighted by atomic mass is 16.6. The molecule has 2 rings (SSSR count). The molecule has 1 heterocycles. The van der Waals surface area contributed by atoms with Gasteiger partial charge < -0.3 is 9.47 Å². The number of hydrogen-bond acceptors (Lipinski definition) is 5. The molecule has 0 bridgehead atoms. The number of carbonyl (C=O) groups excluding carboxylic acids is 2. The van der Waals surface area contributed by atoms with E-state index in [2.05, 4.69) is 10.3 Å². The third-order valence-corrected chi connectivity index (χ3v) is 2.96. The van der Waals surface area contributed by atoms with E-state index in [1.165, 1.54) is 11.1 Å². The Morgan fingerprint density at radius 2 is 1.75 bits per heavy atom. The maximum atomic E-state index is 12.3. The van der Waals surface area contributed by atoms with Crippen molar-refractivity contribution < 1.29 is 19.1 Å². The van der Waals surface area contributed by atoms with Crippen LogP contribution in [0.25, 0.3) is 0 Å². The molecule has 2 aromatic rings. The first-order valence-electron chi connectivity index (χ1n) is 7.57. The molecule has 0 aliphatic rings. The van der Waals surface area contributed by atoms with E-state index in [1.807, 2.05) is 18.2 Å². The van der Waals surface area contributed by atoms with E-state index in [0.717, 1.165) is 0 Å². The summed E-state index contributed by atoms with van der Waals surface area (Å²) in [5.41, 5.74) is 1.10. The molecule has 0 unspecified atom stereocenters. The first-order valence-corrected chi connectivity index (χ1v) is 7.57. The number of pyridine rings is 1.